The molecule has 0 saturated carbocycles. The van der Waals surface area contributed by atoms with Crippen molar-refractivity contribution in [1.82, 2.24) is 4.90 Å². The van der Waals surface area contributed by atoms with Gasteiger partial charge in [-0.2, -0.15) is 0 Å². The summed E-state index contributed by atoms with van der Waals surface area (Å²) < 4.78 is 4.94. The number of hydrogen-bond acceptors (Lipinski definition) is 3. The maximum absolute atomic E-state index is 12.2. The van der Waals surface area contributed by atoms with E-state index in [9.17, 15) is 9.59 Å². The zero-order valence-corrected chi connectivity index (χ0v) is 11.0. The molecule has 2 amide bonds. The molecule has 1 heterocycles. The van der Waals surface area contributed by atoms with Gasteiger partial charge in [-0.05, 0) is 25.5 Å². The number of para-hydroxylation sites is 1. The van der Waals surface area contributed by atoms with Crippen molar-refractivity contribution < 1.29 is 14.3 Å². The summed E-state index contributed by atoms with van der Waals surface area (Å²) in [4.78, 5) is 27.1. The van der Waals surface area contributed by atoms with Crippen molar-refractivity contribution in [2.45, 2.75) is 13.3 Å². The van der Waals surface area contributed by atoms with Crippen LogP contribution in [-0.4, -0.2) is 43.1 Å². The van der Waals surface area contributed by atoms with E-state index in [2.05, 4.69) is 0 Å². The van der Waals surface area contributed by atoms with Gasteiger partial charge < -0.3 is 9.64 Å². The highest BCUT2D eigenvalue weighted by molar-refractivity contribution is 5.96. The Hall–Kier alpha value is -2.04. The van der Waals surface area contributed by atoms with Crippen LogP contribution in [0.2, 0.25) is 0 Å². The highest BCUT2D eigenvalue weighted by Gasteiger charge is 2.26. The lowest BCUT2D eigenvalue weighted by atomic mass is 10.2. The summed E-state index contributed by atoms with van der Waals surface area (Å²) in [5, 5.41) is 0. The third kappa shape index (κ3) is 3.24. The Morgan fingerprint density at radius 3 is 2.68 bits per heavy atom. The SMILES string of the molecule is CCOC(=O)N1CCCN(c2ccccc2)C(=O)C1. The number of amides is 2. The highest BCUT2D eigenvalue weighted by Crippen LogP contribution is 2.17. The van der Waals surface area contributed by atoms with Crippen LogP contribution in [-0.2, 0) is 9.53 Å². The number of ether oxygens (including phenoxy) is 1. The van der Waals surface area contributed by atoms with Crippen LogP contribution in [0.5, 0.6) is 0 Å². The van der Waals surface area contributed by atoms with Crippen LogP contribution >= 0.6 is 0 Å². The molecule has 1 aliphatic heterocycles. The van der Waals surface area contributed by atoms with Crippen molar-refractivity contribution in [3.63, 3.8) is 0 Å². The molecule has 1 fully saturated rings. The summed E-state index contributed by atoms with van der Waals surface area (Å²) in [5.74, 6) is -0.0725. The van der Waals surface area contributed by atoms with Gasteiger partial charge in [0.1, 0.15) is 6.54 Å². The first kappa shape index (κ1) is 13.4. The second-order valence-electron chi connectivity index (χ2n) is 4.35. The lowest BCUT2D eigenvalue weighted by Gasteiger charge is -2.21. The van der Waals surface area contributed by atoms with E-state index in [-0.39, 0.29) is 12.5 Å². The van der Waals surface area contributed by atoms with Gasteiger partial charge in [-0.25, -0.2) is 4.79 Å². The van der Waals surface area contributed by atoms with Gasteiger partial charge in [-0.3, -0.25) is 9.69 Å². The van der Waals surface area contributed by atoms with Crippen molar-refractivity contribution in [1.29, 1.82) is 0 Å². The third-order valence-electron chi connectivity index (χ3n) is 3.03. The fourth-order valence-corrected chi connectivity index (χ4v) is 2.12. The second kappa shape index (κ2) is 6.22. The van der Waals surface area contributed by atoms with E-state index in [1.54, 1.807) is 11.8 Å². The smallest absolute Gasteiger partial charge is 0.410 e. The zero-order valence-electron chi connectivity index (χ0n) is 11.0. The van der Waals surface area contributed by atoms with Gasteiger partial charge >= 0.3 is 6.09 Å². The van der Waals surface area contributed by atoms with Gasteiger partial charge in [0.05, 0.1) is 6.61 Å². The molecule has 1 aliphatic rings. The van der Waals surface area contributed by atoms with E-state index in [0.29, 0.717) is 19.7 Å². The molecule has 0 atom stereocenters. The average molecular weight is 262 g/mol. The summed E-state index contributed by atoms with van der Waals surface area (Å²) in [5.41, 5.74) is 0.873. The molecular formula is C14H18N2O3. The van der Waals surface area contributed by atoms with E-state index in [1.807, 2.05) is 30.3 Å². The Labute approximate surface area is 112 Å². The number of benzene rings is 1. The quantitative estimate of drug-likeness (QED) is 0.817. The lowest BCUT2D eigenvalue weighted by Crippen LogP contribution is -2.39. The lowest BCUT2D eigenvalue weighted by molar-refractivity contribution is -0.119. The monoisotopic (exact) mass is 262 g/mol. The van der Waals surface area contributed by atoms with Gasteiger partial charge in [-0.15, -0.1) is 0 Å². The standard InChI is InChI=1S/C14H18N2O3/c1-2-19-14(18)15-9-6-10-16(13(17)11-15)12-7-4-3-5-8-12/h3-5,7-8H,2,6,9-11H2,1H3. The summed E-state index contributed by atoms with van der Waals surface area (Å²) in [6.45, 7) is 3.33. The molecule has 0 spiro atoms. The maximum Gasteiger partial charge on any atom is 0.410 e. The van der Waals surface area contributed by atoms with E-state index < -0.39 is 6.09 Å². The largest absolute Gasteiger partial charge is 0.450 e. The van der Waals surface area contributed by atoms with Gasteiger partial charge in [0.2, 0.25) is 5.91 Å². The molecule has 0 N–H and O–H groups in total. The topological polar surface area (TPSA) is 49.9 Å². The zero-order chi connectivity index (χ0) is 13.7. The van der Waals surface area contributed by atoms with Crippen molar-refractivity contribution in [2.75, 3.05) is 31.1 Å². The molecule has 1 aromatic rings. The summed E-state index contributed by atoms with van der Waals surface area (Å²) in [6.07, 6.45) is 0.338. The van der Waals surface area contributed by atoms with Crippen molar-refractivity contribution in [3.05, 3.63) is 30.3 Å². The van der Waals surface area contributed by atoms with E-state index in [4.69, 9.17) is 4.74 Å². The first-order valence-corrected chi connectivity index (χ1v) is 6.49. The van der Waals surface area contributed by atoms with E-state index in [1.165, 1.54) is 4.90 Å². The first-order chi connectivity index (χ1) is 9.22. The summed E-state index contributed by atoms with van der Waals surface area (Å²) in [6, 6.07) is 9.51. The number of carbonyl (C=O) groups excluding carboxylic acids is 2. The minimum absolute atomic E-state index is 0.0725. The molecule has 0 bridgehead atoms. The first-order valence-electron chi connectivity index (χ1n) is 6.49. The maximum atomic E-state index is 12.2. The van der Waals surface area contributed by atoms with Crippen LogP contribution in [0.3, 0.4) is 0 Å². The predicted molar refractivity (Wildman–Crippen MR) is 72.0 cm³/mol. The van der Waals surface area contributed by atoms with Crippen LogP contribution < -0.4 is 4.90 Å². The third-order valence-corrected chi connectivity index (χ3v) is 3.03. The Balaban J connectivity index is 2.07. The number of anilines is 1. The van der Waals surface area contributed by atoms with Crippen molar-refractivity contribution in [3.8, 4) is 0 Å². The fourth-order valence-electron chi connectivity index (χ4n) is 2.12. The van der Waals surface area contributed by atoms with Crippen LogP contribution in [0.15, 0.2) is 30.3 Å². The number of rotatable bonds is 2. The van der Waals surface area contributed by atoms with Gasteiger partial charge in [-0.1, -0.05) is 18.2 Å². The second-order valence-corrected chi connectivity index (χ2v) is 4.35. The molecule has 0 aliphatic carbocycles. The molecule has 1 saturated heterocycles. The van der Waals surface area contributed by atoms with Gasteiger partial charge in [0, 0.05) is 18.8 Å². The Morgan fingerprint density at radius 2 is 2.00 bits per heavy atom. The van der Waals surface area contributed by atoms with Crippen LogP contribution in [0, 0.1) is 0 Å². The van der Waals surface area contributed by atoms with Crippen LogP contribution in [0.1, 0.15) is 13.3 Å². The summed E-state index contributed by atoms with van der Waals surface area (Å²) >= 11 is 0. The molecule has 0 radical (unpaired) electrons. The average Bonchev–Trinajstić information content (AvgIpc) is 2.62. The molecule has 2 rings (SSSR count). The van der Waals surface area contributed by atoms with Crippen molar-refractivity contribution in [2.24, 2.45) is 0 Å². The fraction of sp³-hybridized carbons (Fsp3) is 0.429. The van der Waals surface area contributed by atoms with E-state index >= 15 is 0 Å². The predicted octanol–water partition coefficient (Wildman–Crippen LogP) is 1.88. The molecule has 0 aromatic heterocycles. The Bertz CT molecular complexity index is 447. The number of nitrogens with zero attached hydrogens (tertiary/aromatic N) is 2. The highest BCUT2D eigenvalue weighted by atomic mass is 16.6. The minimum atomic E-state index is -0.411. The minimum Gasteiger partial charge on any atom is -0.450 e. The molecular weight excluding hydrogens is 244 g/mol. The van der Waals surface area contributed by atoms with Gasteiger partial charge in [0.25, 0.3) is 0 Å². The van der Waals surface area contributed by atoms with E-state index in [0.717, 1.165) is 12.1 Å². The number of carbonyl (C=O) groups is 2. The molecule has 5 nitrogen and oxygen atoms in total. The Kier molecular flexibility index (Phi) is 4.39. The molecule has 0 unspecified atom stereocenters. The Morgan fingerprint density at radius 1 is 1.26 bits per heavy atom. The van der Waals surface area contributed by atoms with Crippen LogP contribution in [0.4, 0.5) is 10.5 Å². The molecule has 5 heteroatoms. The van der Waals surface area contributed by atoms with Crippen LogP contribution in [0.25, 0.3) is 0 Å². The number of hydrogen-bond donors (Lipinski definition) is 0. The molecule has 1 aromatic carbocycles. The molecule has 102 valence electrons. The molecule has 19 heavy (non-hydrogen) atoms. The summed E-state index contributed by atoms with van der Waals surface area (Å²) in [7, 11) is 0. The normalized spacial score (nSPS) is 16.2. The van der Waals surface area contributed by atoms with Crippen molar-refractivity contribution >= 4 is 17.7 Å². The van der Waals surface area contributed by atoms with Gasteiger partial charge in [0.15, 0.2) is 0 Å².